The number of pyridine rings is 1. The van der Waals surface area contributed by atoms with E-state index in [1.54, 1.807) is 4.90 Å². The number of carbonyl (C=O) groups excluding carboxylic acids is 2. The molecule has 2 amide bonds. The molecule has 0 radical (unpaired) electrons. The van der Waals surface area contributed by atoms with E-state index in [2.05, 4.69) is 20.6 Å². The van der Waals surface area contributed by atoms with Gasteiger partial charge in [0.2, 0.25) is 0 Å². The molecule has 1 saturated heterocycles. The van der Waals surface area contributed by atoms with Crippen molar-refractivity contribution >= 4 is 34.2 Å². The van der Waals surface area contributed by atoms with Crippen LogP contribution in [0.15, 0.2) is 36.7 Å². The van der Waals surface area contributed by atoms with E-state index in [1.807, 2.05) is 0 Å². The molecule has 0 saturated carbocycles. The van der Waals surface area contributed by atoms with Crippen molar-refractivity contribution in [2.45, 2.75) is 18.6 Å². The van der Waals surface area contributed by atoms with Gasteiger partial charge >= 0.3 is 18.0 Å². The Morgan fingerprint density at radius 2 is 1.88 bits per heavy atom. The van der Waals surface area contributed by atoms with Crippen LogP contribution in [0.4, 0.5) is 33.5 Å². The molecule has 1 aliphatic rings. The summed E-state index contributed by atoms with van der Waals surface area (Å²) in [5, 5.41) is 5.09. The van der Waals surface area contributed by atoms with Crippen molar-refractivity contribution in [3.63, 3.8) is 0 Å². The van der Waals surface area contributed by atoms with Crippen LogP contribution in [-0.4, -0.2) is 40.9 Å². The highest BCUT2D eigenvalue weighted by molar-refractivity contribution is 6.40. The van der Waals surface area contributed by atoms with Crippen molar-refractivity contribution in [1.82, 2.24) is 15.3 Å². The van der Waals surface area contributed by atoms with Crippen molar-refractivity contribution in [2.75, 3.05) is 23.3 Å². The molecule has 1 unspecified atom stereocenters. The maximum Gasteiger partial charge on any atom is 0.417 e. The average molecular weight is 453 g/mol. The number of H-pyrrole nitrogens is 1. The highest BCUT2D eigenvalue weighted by Gasteiger charge is 2.32. The number of halogens is 5. The molecule has 1 fully saturated rings. The van der Waals surface area contributed by atoms with E-state index in [4.69, 9.17) is 0 Å². The summed E-state index contributed by atoms with van der Waals surface area (Å²) in [6.07, 6.45) is -1.97. The summed E-state index contributed by atoms with van der Waals surface area (Å²) in [6, 6.07) is 3.59. The van der Waals surface area contributed by atoms with E-state index in [0.29, 0.717) is 18.8 Å². The minimum absolute atomic E-state index is 0.112. The minimum Gasteiger partial charge on any atom is -0.359 e. The number of fused-ring (bicyclic) bond motifs is 1. The van der Waals surface area contributed by atoms with Gasteiger partial charge in [-0.05, 0) is 24.6 Å². The predicted octanol–water partition coefficient (Wildman–Crippen LogP) is 3.19. The van der Waals surface area contributed by atoms with Gasteiger partial charge in [-0.15, -0.1) is 0 Å². The summed E-state index contributed by atoms with van der Waals surface area (Å²) in [5.74, 6) is -3.76. The highest BCUT2D eigenvalue weighted by Crippen LogP contribution is 2.30. The lowest BCUT2D eigenvalue weighted by Gasteiger charge is -2.18. The fourth-order valence-electron chi connectivity index (χ4n) is 3.48. The first kappa shape index (κ1) is 21.5. The fraction of sp³-hybridized carbons (Fsp3) is 0.250. The van der Waals surface area contributed by atoms with Crippen molar-refractivity contribution in [1.29, 1.82) is 0 Å². The second kappa shape index (κ2) is 8.09. The summed E-state index contributed by atoms with van der Waals surface area (Å²) in [6.45, 7) is 0.688. The monoisotopic (exact) mass is 453 g/mol. The number of aromatic nitrogens is 2. The molecule has 0 spiro atoms. The Balaban J connectivity index is 1.35. The van der Waals surface area contributed by atoms with Crippen LogP contribution in [0.3, 0.4) is 0 Å². The van der Waals surface area contributed by atoms with Crippen LogP contribution in [0.25, 0.3) is 10.9 Å². The summed E-state index contributed by atoms with van der Waals surface area (Å²) in [4.78, 5) is 32.7. The zero-order chi connectivity index (χ0) is 23.0. The van der Waals surface area contributed by atoms with E-state index in [-0.39, 0.29) is 23.1 Å². The lowest BCUT2D eigenvalue weighted by Crippen LogP contribution is -2.43. The van der Waals surface area contributed by atoms with Crippen LogP contribution in [0.1, 0.15) is 12.0 Å². The first-order chi connectivity index (χ1) is 15.1. The van der Waals surface area contributed by atoms with Gasteiger partial charge in [-0.1, -0.05) is 0 Å². The molecule has 32 heavy (non-hydrogen) atoms. The Morgan fingerprint density at radius 3 is 2.56 bits per heavy atom. The third kappa shape index (κ3) is 4.34. The van der Waals surface area contributed by atoms with Gasteiger partial charge in [0.15, 0.2) is 11.6 Å². The molecule has 3 N–H and O–H groups in total. The van der Waals surface area contributed by atoms with Gasteiger partial charge in [-0.2, -0.15) is 13.2 Å². The molecule has 0 bridgehead atoms. The zero-order valence-corrected chi connectivity index (χ0v) is 16.3. The maximum absolute atomic E-state index is 13.5. The van der Waals surface area contributed by atoms with Crippen LogP contribution < -0.4 is 15.5 Å². The molecule has 2 aromatic heterocycles. The van der Waals surface area contributed by atoms with Crippen LogP contribution in [0.2, 0.25) is 0 Å². The van der Waals surface area contributed by atoms with Crippen molar-refractivity contribution < 1.29 is 31.5 Å². The molecule has 7 nitrogen and oxygen atoms in total. The van der Waals surface area contributed by atoms with Crippen molar-refractivity contribution in [3.8, 4) is 0 Å². The Bertz CT molecular complexity index is 1180. The van der Waals surface area contributed by atoms with Crippen LogP contribution in [0.5, 0.6) is 0 Å². The van der Waals surface area contributed by atoms with E-state index >= 15 is 0 Å². The predicted molar refractivity (Wildman–Crippen MR) is 105 cm³/mol. The maximum atomic E-state index is 13.5. The number of benzene rings is 1. The largest absolute Gasteiger partial charge is 0.417 e. The van der Waals surface area contributed by atoms with E-state index in [1.165, 1.54) is 12.3 Å². The average Bonchev–Trinajstić information content (AvgIpc) is 3.35. The van der Waals surface area contributed by atoms with E-state index in [9.17, 15) is 31.5 Å². The molecule has 3 aromatic rings. The van der Waals surface area contributed by atoms with Gasteiger partial charge in [-0.25, -0.2) is 13.8 Å². The number of aromatic amines is 1. The normalized spacial score (nSPS) is 16.4. The molecule has 12 heteroatoms. The van der Waals surface area contributed by atoms with Crippen molar-refractivity contribution in [3.05, 3.63) is 53.9 Å². The summed E-state index contributed by atoms with van der Waals surface area (Å²) in [7, 11) is 0. The quantitative estimate of drug-likeness (QED) is 0.420. The van der Waals surface area contributed by atoms with Crippen LogP contribution in [-0.2, 0) is 15.8 Å². The molecular weight excluding hydrogens is 437 g/mol. The molecular formula is C20H16F5N5O2. The first-order valence-electron chi connectivity index (χ1n) is 9.48. The molecule has 1 aliphatic heterocycles. The molecule has 3 heterocycles. The summed E-state index contributed by atoms with van der Waals surface area (Å²) >= 11 is 0. The number of nitrogens with one attached hydrogen (secondary N) is 3. The lowest BCUT2D eigenvalue weighted by molar-refractivity contribution is -0.137. The Morgan fingerprint density at radius 1 is 1.12 bits per heavy atom. The topological polar surface area (TPSA) is 90.1 Å². The number of alkyl halides is 3. The number of rotatable bonds is 3. The zero-order valence-electron chi connectivity index (χ0n) is 16.3. The second-order valence-electron chi connectivity index (χ2n) is 7.28. The molecule has 4 rings (SSSR count). The van der Waals surface area contributed by atoms with Crippen molar-refractivity contribution in [2.24, 2.45) is 0 Å². The number of carbonyl (C=O) groups is 2. The lowest BCUT2D eigenvalue weighted by atomic mass is 10.2. The summed E-state index contributed by atoms with van der Waals surface area (Å²) in [5.41, 5.74) is -0.502. The SMILES string of the molecule is O=C(Nc1c[nH]c2cc(F)c(F)cc12)C(=O)NC1CCN(c2ccc(C(F)(F)F)cn2)C1. The molecule has 168 valence electrons. The standard InChI is InChI=1S/C20H16F5N5O2/c21-13-5-12-15(6-14(13)22)26-8-16(12)29-19(32)18(31)28-11-3-4-30(9-11)17-2-1-10(7-27-17)20(23,24)25/h1-2,5-8,11,26H,3-4,9H2,(H,28,31)(H,29,32). The number of hydrogen-bond donors (Lipinski definition) is 3. The van der Waals surface area contributed by atoms with Gasteiger partial charge in [0.25, 0.3) is 0 Å². The smallest absolute Gasteiger partial charge is 0.359 e. The molecule has 1 aromatic carbocycles. The molecule has 1 atom stereocenters. The fourth-order valence-corrected chi connectivity index (χ4v) is 3.48. The minimum atomic E-state index is -4.48. The van der Waals surface area contributed by atoms with Gasteiger partial charge in [0, 0.05) is 43.0 Å². The summed E-state index contributed by atoms with van der Waals surface area (Å²) < 4.78 is 64.8. The third-order valence-electron chi connectivity index (χ3n) is 5.10. The van der Waals surface area contributed by atoms with Gasteiger partial charge in [0.1, 0.15) is 5.82 Å². The number of hydrogen-bond acceptors (Lipinski definition) is 4. The number of anilines is 2. The Kier molecular flexibility index (Phi) is 5.45. The molecule has 0 aliphatic carbocycles. The highest BCUT2D eigenvalue weighted by atomic mass is 19.4. The Hall–Kier alpha value is -3.70. The Labute approximate surface area is 177 Å². The second-order valence-corrected chi connectivity index (χ2v) is 7.28. The van der Waals surface area contributed by atoms with Crippen LogP contribution >= 0.6 is 0 Å². The number of amides is 2. The van der Waals surface area contributed by atoms with Gasteiger partial charge < -0.3 is 20.5 Å². The van der Waals surface area contributed by atoms with E-state index in [0.717, 1.165) is 24.4 Å². The van der Waals surface area contributed by atoms with Gasteiger partial charge in [-0.3, -0.25) is 9.59 Å². The van der Waals surface area contributed by atoms with Crippen LogP contribution in [0, 0.1) is 11.6 Å². The van der Waals surface area contributed by atoms with Gasteiger partial charge in [0.05, 0.1) is 16.8 Å². The van der Waals surface area contributed by atoms with E-state index < -0.39 is 41.2 Å². The first-order valence-corrected chi connectivity index (χ1v) is 9.48. The number of nitrogens with zero attached hydrogens (tertiary/aromatic N) is 2. The third-order valence-corrected chi connectivity index (χ3v) is 5.10.